The molecule has 0 bridgehead atoms. The third-order valence-electron chi connectivity index (χ3n) is 3.60. The van der Waals surface area contributed by atoms with Gasteiger partial charge in [-0.25, -0.2) is 4.68 Å². The first-order valence-electron chi connectivity index (χ1n) is 6.91. The van der Waals surface area contributed by atoms with Crippen LogP contribution in [0.25, 0.3) is 17.3 Å². The molecule has 0 saturated heterocycles. The molecular weight excluding hydrogens is 296 g/mol. The van der Waals surface area contributed by atoms with Crippen molar-refractivity contribution >= 4 is 23.4 Å². The van der Waals surface area contributed by atoms with Gasteiger partial charge >= 0.3 is 0 Å². The van der Waals surface area contributed by atoms with E-state index in [1.807, 2.05) is 49.4 Å². The summed E-state index contributed by atoms with van der Waals surface area (Å²) in [7, 11) is 0. The Labute approximate surface area is 133 Å². The number of rotatable bonds is 3. The Balaban J connectivity index is 2.18. The van der Waals surface area contributed by atoms with Crippen molar-refractivity contribution in [3.05, 3.63) is 81.6 Å². The average Bonchev–Trinajstić information content (AvgIpc) is 2.66. The minimum absolute atomic E-state index is 0.120. The molecule has 0 spiro atoms. The number of halogens is 1. The highest BCUT2D eigenvalue weighted by Crippen LogP contribution is 2.26. The molecule has 2 aliphatic rings. The third kappa shape index (κ3) is 2.40. The molecule has 0 amide bonds. The molecular formula is C18H15ClN2O. The summed E-state index contributed by atoms with van der Waals surface area (Å²) in [5, 5.41) is 0.668. The van der Waals surface area contributed by atoms with E-state index >= 15 is 0 Å². The van der Waals surface area contributed by atoms with Gasteiger partial charge in [0, 0.05) is 10.6 Å². The first-order valence-corrected chi connectivity index (χ1v) is 7.29. The quantitative estimate of drug-likeness (QED) is 0.776. The second-order valence-electron chi connectivity index (χ2n) is 5.04. The van der Waals surface area contributed by atoms with Gasteiger partial charge in [-0.1, -0.05) is 48.5 Å². The monoisotopic (exact) mass is 310 g/mol. The molecule has 3 rings (SSSR count). The number of hydrogen-bond donors (Lipinski definition) is 1. The molecule has 1 aromatic rings. The van der Waals surface area contributed by atoms with Crippen LogP contribution in [0.1, 0.15) is 11.1 Å². The van der Waals surface area contributed by atoms with E-state index in [0.29, 0.717) is 10.6 Å². The predicted octanol–water partition coefficient (Wildman–Crippen LogP) is 4.43. The minimum Gasteiger partial charge on any atom is -0.291 e. The van der Waals surface area contributed by atoms with Crippen LogP contribution in [0.4, 0.5) is 5.69 Å². The number of hydrogen-bond acceptors (Lipinski definition) is 2. The molecule has 1 aliphatic carbocycles. The predicted molar refractivity (Wildman–Crippen MR) is 92.6 cm³/mol. The number of nitrogens with zero attached hydrogens (tertiary/aromatic N) is 1. The summed E-state index contributed by atoms with van der Waals surface area (Å²) < 4.78 is 1.54. The number of anilines is 1. The topological polar surface area (TPSA) is 34.0 Å². The van der Waals surface area contributed by atoms with Gasteiger partial charge in [-0.05, 0) is 36.8 Å². The summed E-state index contributed by atoms with van der Waals surface area (Å²) in [4.78, 5) is 12.6. The van der Waals surface area contributed by atoms with E-state index in [4.69, 9.17) is 11.6 Å². The van der Waals surface area contributed by atoms with Gasteiger partial charge in [-0.3, -0.25) is 10.2 Å². The lowest BCUT2D eigenvalue weighted by molar-refractivity contribution is 0.934. The normalized spacial score (nSPS) is 10.6. The van der Waals surface area contributed by atoms with E-state index in [-0.39, 0.29) is 5.56 Å². The highest BCUT2D eigenvalue weighted by atomic mass is 35.5. The van der Waals surface area contributed by atoms with Crippen molar-refractivity contribution in [2.45, 2.75) is 6.92 Å². The molecule has 4 heteroatoms. The SMILES string of the molecule is C=Cc1c2cccccc-2n(Nc2ccc(Cl)cc2C)c1=O. The van der Waals surface area contributed by atoms with Crippen LogP contribution in [-0.4, -0.2) is 4.68 Å². The van der Waals surface area contributed by atoms with Crippen LogP contribution in [0.3, 0.4) is 0 Å². The number of benzene rings is 1. The highest BCUT2D eigenvalue weighted by molar-refractivity contribution is 6.30. The van der Waals surface area contributed by atoms with Crippen LogP contribution in [0.2, 0.25) is 5.02 Å². The summed E-state index contributed by atoms with van der Waals surface area (Å²) in [5.74, 6) is 0. The van der Waals surface area contributed by atoms with Crippen molar-refractivity contribution in [2.75, 3.05) is 5.43 Å². The molecule has 0 saturated carbocycles. The average molecular weight is 311 g/mol. The van der Waals surface area contributed by atoms with Crippen LogP contribution in [0.15, 0.2) is 59.9 Å². The van der Waals surface area contributed by atoms with E-state index in [2.05, 4.69) is 12.0 Å². The summed E-state index contributed by atoms with van der Waals surface area (Å²) in [6.07, 6.45) is 1.59. The Morgan fingerprint density at radius 3 is 2.68 bits per heavy atom. The molecule has 0 fully saturated rings. The summed E-state index contributed by atoms with van der Waals surface area (Å²) in [6, 6.07) is 15.1. The van der Waals surface area contributed by atoms with E-state index in [1.54, 1.807) is 16.8 Å². The fraction of sp³-hybridized carbons (Fsp3) is 0.0556. The molecule has 22 heavy (non-hydrogen) atoms. The van der Waals surface area contributed by atoms with Crippen LogP contribution in [0.5, 0.6) is 0 Å². The number of nitrogens with one attached hydrogen (secondary N) is 1. The zero-order valence-corrected chi connectivity index (χ0v) is 12.9. The Hall–Kier alpha value is -2.52. The molecule has 1 N–H and O–H groups in total. The Morgan fingerprint density at radius 2 is 1.95 bits per heavy atom. The molecule has 0 unspecified atom stereocenters. The van der Waals surface area contributed by atoms with Crippen molar-refractivity contribution in [1.29, 1.82) is 0 Å². The largest absolute Gasteiger partial charge is 0.291 e. The smallest absolute Gasteiger partial charge is 0.277 e. The van der Waals surface area contributed by atoms with E-state index in [0.717, 1.165) is 22.5 Å². The van der Waals surface area contributed by atoms with E-state index < -0.39 is 0 Å². The van der Waals surface area contributed by atoms with Gasteiger partial charge in [0.05, 0.1) is 16.9 Å². The van der Waals surface area contributed by atoms with Gasteiger partial charge in [0.1, 0.15) is 0 Å². The van der Waals surface area contributed by atoms with Crippen molar-refractivity contribution in [1.82, 2.24) is 4.68 Å². The summed E-state index contributed by atoms with van der Waals surface area (Å²) in [5.41, 5.74) is 7.12. The standard InChI is InChI=1S/C18H15ClN2O/c1-3-14-15-7-5-4-6-8-17(15)21(18(14)22)20-16-10-9-13(19)11-12(16)2/h3-11,20H,1H2,2H3. The molecule has 110 valence electrons. The lowest BCUT2D eigenvalue weighted by atomic mass is 10.1. The van der Waals surface area contributed by atoms with Crippen LogP contribution < -0.4 is 11.0 Å². The maximum absolute atomic E-state index is 12.6. The summed E-state index contributed by atoms with van der Waals surface area (Å²) in [6.45, 7) is 5.70. The van der Waals surface area contributed by atoms with Gasteiger partial charge in [0.15, 0.2) is 0 Å². The third-order valence-corrected chi connectivity index (χ3v) is 3.84. The highest BCUT2D eigenvalue weighted by Gasteiger charge is 2.17. The molecule has 1 aromatic carbocycles. The molecule has 0 atom stereocenters. The molecule has 0 radical (unpaired) electrons. The first-order chi connectivity index (χ1) is 10.6. The van der Waals surface area contributed by atoms with Gasteiger partial charge < -0.3 is 0 Å². The molecule has 3 nitrogen and oxygen atoms in total. The minimum atomic E-state index is -0.120. The maximum atomic E-state index is 12.6. The van der Waals surface area contributed by atoms with Crippen LogP contribution >= 0.6 is 11.6 Å². The van der Waals surface area contributed by atoms with E-state index in [9.17, 15) is 4.79 Å². The number of fused-ring (bicyclic) bond motifs is 1. The zero-order valence-electron chi connectivity index (χ0n) is 12.1. The second-order valence-corrected chi connectivity index (χ2v) is 5.48. The van der Waals surface area contributed by atoms with Crippen molar-refractivity contribution in [2.24, 2.45) is 0 Å². The summed E-state index contributed by atoms with van der Waals surface area (Å²) >= 11 is 5.98. The van der Waals surface area contributed by atoms with Crippen molar-refractivity contribution in [3.8, 4) is 11.3 Å². The zero-order chi connectivity index (χ0) is 15.7. The number of aromatic nitrogens is 1. The Morgan fingerprint density at radius 1 is 1.18 bits per heavy atom. The van der Waals surface area contributed by atoms with Gasteiger partial charge in [0.25, 0.3) is 5.56 Å². The Bertz CT molecular complexity index is 883. The van der Waals surface area contributed by atoms with Gasteiger partial charge in [0.2, 0.25) is 0 Å². The van der Waals surface area contributed by atoms with Crippen LogP contribution in [-0.2, 0) is 0 Å². The molecule has 1 aliphatic heterocycles. The van der Waals surface area contributed by atoms with Crippen molar-refractivity contribution < 1.29 is 0 Å². The Kier molecular flexibility index (Phi) is 3.73. The van der Waals surface area contributed by atoms with Crippen molar-refractivity contribution in [3.63, 3.8) is 0 Å². The molecule has 1 heterocycles. The fourth-order valence-electron chi connectivity index (χ4n) is 2.49. The van der Waals surface area contributed by atoms with E-state index in [1.165, 1.54) is 0 Å². The molecule has 0 aromatic heterocycles. The number of aryl methyl sites for hydroxylation is 1. The maximum Gasteiger partial charge on any atom is 0.277 e. The first kappa shape index (κ1) is 14.4. The fourth-order valence-corrected chi connectivity index (χ4v) is 2.71. The lowest BCUT2D eigenvalue weighted by Gasteiger charge is -2.12. The van der Waals surface area contributed by atoms with Gasteiger partial charge in [-0.15, -0.1) is 0 Å². The van der Waals surface area contributed by atoms with Gasteiger partial charge in [-0.2, -0.15) is 0 Å². The van der Waals surface area contributed by atoms with Crippen LogP contribution in [0, 0.1) is 6.92 Å². The second kappa shape index (κ2) is 5.70. The lowest BCUT2D eigenvalue weighted by Crippen LogP contribution is -2.23.